The Morgan fingerprint density at radius 1 is 1.10 bits per heavy atom. The standard InChI is InChI=1S/C29H34FN3O5.Na.H/c1-18(2)27-25(14-13-23(34)15-24(35)16-26(36)37)33(22-11-9-21(30)10-12-22)31-28(27)29(38)32(4)17-20-8-6-5-7-19(20)3;;/h5-14,18,23-24,34-35H,15-17H2,1-4H3,(H,36,37);;/t23-,24+;;/m0../s1. The molecule has 1 heterocycles. The Morgan fingerprint density at radius 2 is 1.74 bits per heavy atom. The summed E-state index contributed by atoms with van der Waals surface area (Å²) in [5, 5.41) is 33.8. The molecule has 10 heteroatoms. The Morgan fingerprint density at radius 3 is 2.33 bits per heavy atom. The van der Waals surface area contributed by atoms with Crippen LogP contribution in [0.3, 0.4) is 0 Å². The Kier molecular flexibility index (Phi) is 12.1. The van der Waals surface area contributed by atoms with Crippen molar-refractivity contribution in [2.45, 2.75) is 58.3 Å². The van der Waals surface area contributed by atoms with Crippen LogP contribution in [0.15, 0.2) is 54.6 Å². The maximum absolute atomic E-state index is 13.7. The first kappa shape index (κ1) is 32.4. The normalized spacial score (nSPS) is 12.8. The van der Waals surface area contributed by atoms with Crippen molar-refractivity contribution in [2.24, 2.45) is 0 Å². The molecule has 39 heavy (non-hydrogen) atoms. The van der Waals surface area contributed by atoms with Gasteiger partial charge in [-0.3, -0.25) is 9.59 Å². The van der Waals surface area contributed by atoms with E-state index in [4.69, 9.17) is 5.11 Å². The SMILES string of the molecule is Cc1ccccc1CN(C)C(=O)c1nn(-c2ccc(F)cc2)c(C=C[C@H](O)C[C@@H](O)CC(=O)O)c1C(C)C.[NaH]. The van der Waals surface area contributed by atoms with Crippen molar-refractivity contribution in [2.75, 3.05) is 7.05 Å². The van der Waals surface area contributed by atoms with Crippen molar-refractivity contribution >= 4 is 47.5 Å². The number of carbonyl (C=O) groups excluding carboxylic acids is 1. The molecule has 0 aliphatic carbocycles. The van der Waals surface area contributed by atoms with Gasteiger partial charge in [-0.05, 0) is 54.3 Å². The van der Waals surface area contributed by atoms with E-state index in [-0.39, 0.29) is 53.5 Å². The van der Waals surface area contributed by atoms with Crippen LogP contribution in [0, 0.1) is 12.7 Å². The number of carboxylic acid groups (broad SMARTS) is 1. The third kappa shape index (κ3) is 8.58. The maximum atomic E-state index is 13.7. The number of halogens is 1. The van der Waals surface area contributed by atoms with Gasteiger partial charge in [0.2, 0.25) is 0 Å². The summed E-state index contributed by atoms with van der Waals surface area (Å²) in [6.07, 6.45) is 0.0212. The van der Waals surface area contributed by atoms with E-state index in [1.807, 2.05) is 45.0 Å². The number of rotatable bonds is 11. The quantitative estimate of drug-likeness (QED) is 0.316. The third-order valence-corrected chi connectivity index (χ3v) is 6.23. The summed E-state index contributed by atoms with van der Waals surface area (Å²) in [7, 11) is 1.71. The van der Waals surface area contributed by atoms with Crippen LogP contribution < -0.4 is 0 Å². The van der Waals surface area contributed by atoms with Crippen LogP contribution in [0.1, 0.15) is 65.5 Å². The molecule has 2 atom stereocenters. The van der Waals surface area contributed by atoms with Gasteiger partial charge >= 0.3 is 35.5 Å². The molecule has 1 amide bonds. The van der Waals surface area contributed by atoms with Crippen LogP contribution in [-0.2, 0) is 11.3 Å². The summed E-state index contributed by atoms with van der Waals surface area (Å²) in [6, 6.07) is 13.5. The number of carbonyl (C=O) groups is 2. The van der Waals surface area contributed by atoms with E-state index in [0.717, 1.165) is 11.1 Å². The van der Waals surface area contributed by atoms with Crippen LogP contribution in [0.2, 0.25) is 0 Å². The molecule has 0 radical (unpaired) electrons. The van der Waals surface area contributed by atoms with Crippen LogP contribution in [0.25, 0.3) is 11.8 Å². The predicted octanol–water partition coefficient (Wildman–Crippen LogP) is 3.67. The number of hydrogen-bond acceptors (Lipinski definition) is 5. The second-order valence-corrected chi connectivity index (χ2v) is 9.69. The summed E-state index contributed by atoms with van der Waals surface area (Å²) < 4.78 is 15.2. The second-order valence-electron chi connectivity index (χ2n) is 9.69. The van der Waals surface area contributed by atoms with Crippen molar-refractivity contribution < 1.29 is 29.3 Å². The van der Waals surface area contributed by atoms with E-state index < -0.39 is 30.4 Å². The molecule has 0 unspecified atom stereocenters. The van der Waals surface area contributed by atoms with E-state index in [1.54, 1.807) is 30.2 Å². The summed E-state index contributed by atoms with van der Waals surface area (Å²) in [5.41, 5.74) is 4.00. The molecule has 3 rings (SSSR count). The first-order chi connectivity index (χ1) is 18.0. The van der Waals surface area contributed by atoms with E-state index in [0.29, 0.717) is 23.5 Å². The van der Waals surface area contributed by atoms with Gasteiger partial charge in [0.1, 0.15) is 5.82 Å². The van der Waals surface area contributed by atoms with Gasteiger partial charge in [0.15, 0.2) is 5.69 Å². The van der Waals surface area contributed by atoms with Crippen molar-refractivity contribution in [1.82, 2.24) is 14.7 Å². The summed E-state index contributed by atoms with van der Waals surface area (Å²) in [5.74, 6) is -2.00. The number of aliphatic hydroxyl groups excluding tert-OH is 2. The molecule has 0 saturated carbocycles. The molecule has 3 N–H and O–H groups in total. The van der Waals surface area contributed by atoms with Gasteiger partial charge in [-0.2, -0.15) is 5.10 Å². The first-order valence-electron chi connectivity index (χ1n) is 12.4. The summed E-state index contributed by atoms with van der Waals surface area (Å²) in [4.78, 5) is 26.1. The zero-order valence-corrected chi connectivity index (χ0v) is 22.0. The number of aliphatic carboxylic acids is 1. The van der Waals surface area contributed by atoms with Crippen LogP contribution in [0.4, 0.5) is 4.39 Å². The molecule has 0 fully saturated rings. The minimum atomic E-state index is -1.22. The van der Waals surface area contributed by atoms with E-state index in [9.17, 15) is 24.2 Å². The zero-order chi connectivity index (χ0) is 28.0. The molecule has 0 bridgehead atoms. The topological polar surface area (TPSA) is 116 Å². The minimum absolute atomic E-state index is 0. The van der Waals surface area contributed by atoms with Crippen molar-refractivity contribution in [1.29, 1.82) is 0 Å². The van der Waals surface area contributed by atoms with Crippen LogP contribution in [0.5, 0.6) is 0 Å². The molecule has 204 valence electrons. The van der Waals surface area contributed by atoms with Crippen LogP contribution >= 0.6 is 0 Å². The average Bonchev–Trinajstić information content (AvgIpc) is 3.23. The van der Waals surface area contributed by atoms with Crippen molar-refractivity contribution in [3.05, 3.63) is 88.5 Å². The number of amides is 1. The number of aliphatic hydroxyl groups is 2. The number of carboxylic acids is 1. The van der Waals surface area contributed by atoms with Gasteiger partial charge in [-0.15, -0.1) is 0 Å². The molecule has 0 spiro atoms. The van der Waals surface area contributed by atoms with Crippen LogP contribution in [-0.4, -0.2) is 90.7 Å². The molecule has 0 aliphatic heterocycles. The van der Waals surface area contributed by atoms with Gasteiger partial charge in [0, 0.05) is 25.6 Å². The second kappa shape index (κ2) is 14.5. The molecule has 0 aliphatic rings. The molecule has 1 aromatic heterocycles. The van der Waals surface area contributed by atoms with Gasteiger partial charge in [-0.1, -0.05) is 44.2 Å². The Bertz CT molecular complexity index is 1310. The van der Waals surface area contributed by atoms with Gasteiger partial charge in [0.25, 0.3) is 5.91 Å². The number of nitrogens with zero attached hydrogens (tertiary/aromatic N) is 3. The Labute approximate surface area is 250 Å². The van der Waals surface area contributed by atoms with E-state index in [1.165, 1.54) is 22.9 Å². The summed E-state index contributed by atoms with van der Waals surface area (Å²) >= 11 is 0. The molecular formula is C29H35FN3NaO5. The molecule has 0 saturated heterocycles. The number of aryl methyl sites for hydroxylation is 1. The number of benzene rings is 2. The van der Waals surface area contributed by atoms with Crippen molar-refractivity contribution in [3.63, 3.8) is 0 Å². The summed E-state index contributed by atoms with van der Waals surface area (Å²) in [6.45, 7) is 6.22. The zero-order valence-electron chi connectivity index (χ0n) is 22.0. The van der Waals surface area contributed by atoms with Crippen molar-refractivity contribution in [3.8, 4) is 5.69 Å². The fourth-order valence-corrected chi connectivity index (χ4v) is 4.25. The van der Waals surface area contributed by atoms with Gasteiger partial charge < -0.3 is 20.2 Å². The van der Waals surface area contributed by atoms with Gasteiger partial charge in [0.05, 0.1) is 30.0 Å². The average molecular weight is 548 g/mol. The molecule has 3 aromatic rings. The number of aromatic nitrogens is 2. The monoisotopic (exact) mass is 547 g/mol. The Balaban J connectivity index is 0.00000533. The first-order valence-corrected chi connectivity index (χ1v) is 12.4. The van der Waals surface area contributed by atoms with E-state index >= 15 is 0 Å². The van der Waals surface area contributed by atoms with Gasteiger partial charge in [-0.25, -0.2) is 9.07 Å². The predicted molar refractivity (Wildman–Crippen MR) is 150 cm³/mol. The number of hydrogen-bond donors (Lipinski definition) is 3. The third-order valence-electron chi connectivity index (χ3n) is 6.23. The fourth-order valence-electron chi connectivity index (χ4n) is 4.25. The Hall–Kier alpha value is -2.82. The molecular weight excluding hydrogens is 512 g/mol. The van der Waals surface area contributed by atoms with E-state index in [2.05, 4.69) is 5.10 Å². The molecule has 8 nitrogen and oxygen atoms in total. The molecule has 2 aromatic carbocycles. The fraction of sp³-hybridized carbons (Fsp3) is 0.345.